The first-order chi connectivity index (χ1) is 19.8. The van der Waals surface area contributed by atoms with Crippen molar-refractivity contribution in [3.8, 4) is 11.1 Å². The van der Waals surface area contributed by atoms with Crippen LogP contribution >= 0.6 is 11.6 Å². The number of benzene rings is 2. The second-order valence-electron chi connectivity index (χ2n) is 11.3. The number of anilines is 2. The second-order valence-corrected chi connectivity index (χ2v) is 11.7. The van der Waals surface area contributed by atoms with Crippen molar-refractivity contribution in [2.75, 3.05) is 55.6 Å². The quantitative estimate of drug-likeness (QED) is 0.244. The number of halogens is 3. The third kappa shape index (κ3) is 7.01. The van der Waals surface area contributed by atoms with Crippen LogP contribution in [0.15, 0.2) is 53.7 Å². The van der Waals surface area contributed by atoms with Crippen molar-refractivity contribution in [1.29, 1.82) is 5.41 Å². The van der Waals surface area contributed by atoms with Gasteiger partial charge >= 0.3 is 5.97 Å². The molecule has 0 aromatic heterocycles. The molecule has 0 radical (unpaired) electrons. The van der Waals surface area contributed by atoms with E-state index >= 15 is 0 Å². The van der Waals surface area contributed by atoms with Gasteiger partial charge in [0.15, 0.2) is 0 Å². The van der Waals surface area contributed by atoms with E-state index in [-0.39, 0.29) is 0 Å². The Hall–Kier alpha value is -3.17. The van der Waals surface area contributed by atoms with E-state index in [1.54, 1.807) is 0 Å². The lowest BCUT2D eigenvalue weighted by Crippen LogP contribution is -2.48. The summed E-state index contributed by atoms with van der Waals surface area (Å²) in [6.45, 7) is 6.60. The van der Waals surface area contributed by atoms with Crippen molar-refractivity contribution in [2.24, 2.45) is 5.92 Å². The lowest BCUT2D eigenvalue weighted by atomic mass is 9.85. The lowest BCUT2D eigenvalue weighted by Gasteiger charge is -2.39. The molecule has 1 atom stereocenters. The molecule has 2 heterocycles. The molecule has 3 fully saturated rings. The molecule has 41 heavy (non-hydrogen) atoms. The predicted molar refractivity (Wildman–Crippen MR) is 161 cm³/mol. The van der Waals surface area contributed by atoms with Crippen LogP contribution in [0, 0.1) is 11.3 Å². The molecule has 2 aliphatic heterocycles. The summed E-state index contributed by atoms with van der Waals surface area (Å²) in [6, 6.07) is 13.9. The van der Waals surface area contributed by atoms with Crippen LogP contribution in [0.4, 0.5) is 20.2 Å². The minimum absolute atomic E-state index is 0.400. The number of hydrogen-bond acceptors (Lipinski definition) is 6. The van der Waals surface area contributed by atoms with Crippen molar-refractivity contribution >= 4 is 35.2 Å². The van der Waals surface area contributed by atoms with Crippen LogP contribution in [0.5, 0.6) is 0 Å². The highest BCUT2D eigenvalue weighted by atomic mass is 35.5. The average molecular weight is 586 g/mol. The number of aliphatic carboxylic acids is 1. The molecular weight excluding hydrogens is 548 g/mol. The number of nitrogens with zero attached hydrogens (tertiary/aromatic N) is 3. The van der Waals surface area contributed by atoms with Crippen LogP contribution in [-0.2, 0) is 4.79 Å². The van der Waals surface area contributed by atoms with E-state index in [9.17, 15) is 18.7 Å². The molecule has 3 aliphatic rings. The van der Waals surface area contributed by atoms with Crippen LogP contribution in [0.25, 0.3) is 11.1 Å². The van der Waals surface area contributed by atoms with Gasteiger partial charge in [-0.3, -0.25) is 4.90 Å². The topological polar surface area (TPSA) is 82.9 Å². The molecule has 3 N–H and O–H groups in total. The molecule has 220 valence electrons. The van der Waals surface area contributed by atoms with E-state index in [1.165, 1.54) is 31.5 Å². The molecule has 2 aromatic carbocycles. The van der Waals surface area contributed by atoms with Crippen molar-refractivity contribution in [3.63, 3.8) is 0 Å². The normalized spacial score (nSPS) is 20.9. The summed E-state index contributed by atoms with van der Waals surface area (Å²) in [4.78, 5) is 18.6. The standard InChI is InChI=1S/C31H38ClF2N5O2/c32-23-8-11-26(22-6-9-25(10-7-22)38-15-13-37(14-16-38)19-21-3-1-4-21)28(17-23)39-12-2-5-24(20-39)36-29(30(33)34)27(18-35)31(40)41/h6-11,17-18,21,24,30,35-36H,1-5,12-16,19-20H2,(H,40,41)/b29-27+,35-18?. The zero-order valence-corrected chi connectivity index (χ0v) is 23.9. The van der Waals surface area contributed by atoms with Gasteiger partial charge in [0.25, 0.3) is 6.43 Å². The minimum atomic E-state index is -3.02. The van der Waals surface area contributed by atoms with Crippen LogP contribution in [-0.4, -0.2) is 80.5 Å². The zero-order chi connectivity index (χ0) is 28.9. The third-order valence-electron chi connectivity index (χ3n) is 8.62. The summed E-state index contributed by atoms with van der Waals surface area (Å²) < 4.78 is 27.5. The van der Waals surface area contributed by atoms with Crippen LogP contribution in [0.3, 0.4) is 0 Å². The number of carbonyl (C=O) groups is 1. The summed E-state index contributed by atoms with van der Waals surface area (Å²) in [5.41, 5.74) is 2.73. The first kappa shape index (κ1) is 29.3. The van der Waals surface area contributed by atoms with Crippen molar-refractivity contribution in [2.45, 2.75) is 44.6 Å². The molecule has 0 spiro atoms. The fourth-order valence-corrected chi connectivity index (χ4v) is 6.30. The molecule has 1 unspecified atom stereocenters. The minimum Gasteiger partial charge on any atom is -0.478 e. The number of nitrogens with one attached hydrogen (secondary N) is 2. The molecule has 0 bridgehead atoms. The highest BCUT2D eigenvalue weighted by Crippen LogP contribution is 2.36. The van der Waals surface area contributed by atoms with Gasteiger partial charge in [-0.2, -0.15) is 0 Å². The van der Waals surface area contributed by atoms with E-state index in [0.717, 1.165) is 61.9 Å². The Morgan fingerprint density at radius 1 is 1.02 bits per heavy atom. The van der Waals surface area contributed by atoms with Gasteiger partial charge < -0.3 is 25.6 Å². The maximum absolute atomic E-state index is 13.7. The Labute approximate surface area is 245 Å². The maximum atomic E-state index is 13.7. The van der Waals surface area contributed by atoms with Crippen molar-refractivity contribution in [1.82, 2.24) is 10.2 Å². The largest absolute Gasteiger partial charge is 0.478 e. The fourth-order valence-electron chi connectivity index (χ4n) is 6.14. The molecule has 0 amide bonds. The maximum Gasteiger partial charge on any atom is 0.339 e. The van der Waals surface area contributed by atoms with Gasteiger partial charge in [-0.25, -0.2) is 13.6 Å². The number of carboxylic acids is 1. The van der Waals surface area contributed by atoms with Crippen LogP contribution in [0.1, 0.15) is 32.1 Å². The number of rotatable bonds is 10. The molecule has 7 nitrogen and oxygen atoms in total. The van der Waals surface area contributed by atoms with Gasteiger partial charge in [-0.15, -0.1) is 0 Å². The van der Waals surface area contributed by atoms with Gasteiger partial charge in [0.05, 0.1) is 5.70 Å². The SMILES string of the molecule is N=C/C(C(=O)O)=C(\NC1CCCN(c2cc(Cl)ccc2-c2ccc(N3CCN(CC4CCC4)CC3)cc2)C1)C(F)F. The molecule has 1 aliphatic carbocycles. The molecule has 2 aromatic rings. The Balaban J connectivity index is 1.29. The third-order valence-corrected chi connectivity index (χ3v) is 8.86. The van der Waals surface area contributed by atoms with E-state index in [2.05, 4.69) is 44.3 Å². The van der Waals surface area contributed by atoms with E-state index in [4.69, 9.17) is 17.0 Å². The average Bonchev–Trinajstić information content (AvgIpc) is 2.95. The first-order valence-electron chi connectivity index (χ1n) is 14.5. The van der Waals surface area contributed by atoms with Gasteiger partial charge in [0.2, 0.25) is 0 Å². The summed E-state index contributed by atoms with van der Waals surface area (Å²) in [7, 11) is 0. The molecule has 2 saturated heterocycles. The van der Waals surface area contributed by atoms with Crippen LogP contribution < -0.4 is 15.1 Å². The molecular formula is C31H38ClF2N5O2. The lowest BCUT2D eigenvalue weighted by molar-refractivity contribution is -0.132. The Kier molecular flexibility index (Phi) is 9.45. The number of piperazine rings is 1. The van der Waals surface area contributed by atoms with Crippen molar-refractivity contribution in [3.05, 3.63) is 58.8 Å². The number of allylic oxidation sites excluding steroid dienone is 1. The monoisotopic (exact) mass is 585 g/mol. The van der Waals surface area contributed by atoms with Crippen molar-refractivity contribution < 1.29 is 18.7 Å². The van der Waals surface area contributed by atoms with Gasteiger partial charge in [0, 0.05) is 80.0 Å². The van der Waals surface area contributed by atoms with Gasteiger partial charge in [0.1, 0.15) is 5.57 Å². The highest BCUT2D eigenvalue weighted by Gasteiger charge is 2.28. The second kappa shape index (κ2) is 13.2. The summed E-state index contributed by atoms with van der Waals surface area (Å²) >= 11 is 6.41. The van der Waals surface area contributed by atoms with E-state index in [0.29, 0.717) is 24.2 Å². The summed E-state index contributed by atoms with van der Waals surface area (Å²) in [6.07, 6.45) is 2.93. The summed E-state index contributed by atoms with van der Waals surface area (Å²) in [5.74, 6) is -0.654. The van der Waals surface area contributed by atoms with E-state index in [1.807, 2.05) is 18.2 Å². The summed E-state index contributed by atoms with van der Waals surface area (Å²) in [5, 5.41) is 19.9. The Morgan fingerprint density at radius 3 is 2.37 bits per heavy atom. The number of carboxylic acid groups (broad SMARTS) is 1. The Bertz CT molecular complexity index is 1260. The highest BCUT2D eigenvalue weighted by molar-refractivity contribution is 6.31. The van der Waals surface area contributed by atoms with Gasteiger partial charge in [-0.05, 0) is 61.4 Å². The van der Waals surface area contributed by atoms with Crippen LogP contribution in [0.2, 0.25) is 5.02 Å². The zero-order valence-electron chi connectivity index (χ0n) is 23.2. The number of piperidine rings is 1. The van der Waals surface area contributed by atoms with Gasteiger partial charge in [-0.1, -0.05) is 36.2 Å². The fraction of sp³-hybridized carbons (Fsp3) is 0.484. The predicted octanol–water partition coefficient (Wildman–Crippen LogP) is 5.74. The molecule has 10 heteroatoms. The first-order valence-corrected chi connectivity index (χ1v) is 14.8. The van der Waals surface area contributed by atoms with E-state index < -0.39 is 29.7 Å². The Morgan fingerprint density at radius 2 is 1.76 bits per heavy atom. The molecule has 1 saturated carbocycles. The molecule has 5 rings (SSSR count). The number of alkyl halides is 2. The number of hydrogen-bond donors (Lipinski definition) is 3. The smallest absolute Gasteiger partial charge is 0.339 e.